The number of aromatic nitrogens is 5. The van der Waals surface area contributed by atoms with E-state index in [0.717, 1.165) is 68.3 Å². The number of aryl methyl sites for hydroxylation is 1. The summed E-state index contributed by atoms with van der Waals surface area (Å²) < 4.78 is 7.46. The first-order valence-corrected chi connectivity index (χ1v) is 9.18. The monoisotopic (exact) mass is 340 g/mol. The average Bonchev–Trinajstić information content (AvgIpc) is 3.30. The Kier molecular flexibility index (Phi) is 4.74. The minimum Gasteiger partial charge on any atom is -0.339 e. The van der Waals surface area contributed by atoms with Gasteiger partial charge in [-0.3, -0.25) is 4.40 Å². The maximum Gasteiger partial charge on any atom is 0.229 e. The van der Waals surface area contributed by atoms with E-state index >= 15 is 0 Å². The van der Waals surface area contributed by atoms with Gasteiger partial charge >= 0.3 is 0 Å². The van der Waals surface area contributed by atoms with Crippen LogP contribution >= 0.6 is 0 Å². The SMILES string of the molecule is CCc1noc(C2CCC(NCCc3nnc4ccccn34)CC2)n1. The topological polar surface area (TPSA) is 81.1 Å². The van der Waals surface area contributed by atoms with Crippen molar-refractivity contribution in [2.45, 2.75) is 57.4 Å². The Morgan fingerprint density at radius 1 is 1.20 bits per heavy atom. The Bertz CT molecular complexity index is 818. The van der Waals surface area contributed by atoms with Crippen LogP contribution in [0.15, 0.2) is 28.9 Å². The van der Waals surface area contributed by atoms with Crippen molar-refractivity contribution in [1.82, 2.24) is 30.1 Å². The van der Waals surface area contributed by atoms with E-state index in [9.17, 15) is 0 Å². The summed E-state index contributed by atoms with van der Waals surface area (Å²) in [7, 11) is 0. The van der Waals surface area contributed by atoms with E-state index in [1.165, 1.54) is 0 Å². The number of nitrogens with one attached hydrogen (secondary N) is 1. The molecule has 0 spiro atoms. The van der Waals surface area contributed by atoms with Crippen LogP contribution < -0.4 is 5.32 Å². The predicted octanol–water partition coefficient (Wildman–Crippen LogP) is 2.53. The number of nitrogens with zero attached hydrogens (tertiary/aromatic N) is 5. The van der Waals surface area contributed by atoms with Crippen molar-refractivity contribution in [2.24, 2.45) is 0 Å². The standard InChI is InChI=1S/C18H24N6O/c1-2-15-20-18(25-23-15)13-6-8-14(9-7-13)19-11-10-17-22-21-16-5-3-4-12-24(16)17/h3-5,12-14,19H,2,6-11H2,1H3. The van der Waals surface area contributed by atoms with Crippen LogP contribution in [-0.4, -0.2) is 37.3 Å². The highest BCUT2D eigenvalue weighted by Gasteiger charge is 2.26. The molecular weight excluding hydrogens is 316 g/mol. The van der Waals surface area contributed by atoms with Crippen LogP contribution in [0.2, 0.25) is 0 Å². The molecule has 25 heavy (non-hydrogen) atoms. The Hall–Kier alpha value is -2.28. The lowest BCUT2D eigenvalue weighted by Gasteiger charge is -2.27. The van der Waals surface area contributed by atoms with E-state index in [1.54, 1.807) is 0 Å². The van der Waals surface area contributed by atoms with Crippen molar-refractivity contribution >= 4 is 5.65 Å². The molecule has 7 nitrogen and oxygen atoms in total. The molecule has 0 unspecified atom stereocenters. The second kappa shape index (κ2) is 7.31. The Morgan fingerprint density at radius 2 is 2.08 bits per heavy atom. The van der Waals surface area contributed by atoms with Gasteiger partial charge in [0.15, 0.2) is 11.5 Å². The van der Waals surface area contributed by atoms with E-state index in [2.05, 4.69) is 30.1 Å². The summed E-state index contributed by atoms with van der Waals surface area (Å²) in [6.45, 7) is 2.97. The van der Waals surface area contributed by atoms with Crippen molar-refractivity contribution in [1.29, 1.82) is 0 Å². The van der Waals surface area contributed by atoms with Crippen molar-refractivity contribution in [2.75, 3.05) is 6.54 Å². The van der Waals surface area contributed by atoms with Gasteiger partial charge in [-0.2, -0.15) is 4.98 Å². The summed E-state index contributed by atoms with van der Waals surface area (Å²) >= 11 is 0. The van der Waals surface area contributed by atoms with E-state index in [-0.39, 0.29) is 0 Å². The molecule has 1 saturated carbocycles. The molecule has 0 amide bonds. The van der Waals surface area contributed by atoms with E-state index in [0.29, 0.717) is 12.0 Å². The molecule has 3 heterocycles. The zero-order valence-electron chi connectivity index (χ0n) is 14.6. The maximum atomic E-state index is 5.40. The molecule has 1 N–H and O–H groups in total. The molecule has 0 aromatic carbocycles. The van der Waals surface area contributed by atoms with Crippen LogP contribution in [0.1, 0.15) is 56.1 Å². The zero-order chi connectivity index (χ0) is 17.1. The summed E-state index contributed by atoms with van der Waals surface area (Å²) in [5, 5.41) is 16.2. The molecule has 0 radical (unpaired) electrons. The third-order valence-corrected chi connectivity index (χ3v) is 5.04. The highest BCUT2D eigenvalue weighted by Crippen LogP contribution is 2.31. The Labute approximate surface area is 146 Å². The van der Waals surface area contributed by atoms with Crippen LogP contribution in [-0.2, 0) is 12.8 Å². The van der Waals surface area contributed by atoms with Gasteiger partial charge in [0.05, 0.1) is 0 Å². The largest absolute Gasteiger partial charge is 0.339 e. The fraction of sp³-hybridized carbons (Fsp3) is 0.556. The minimum atomic E-state index is 0.422. The first kappa shape index (κ1) is 16.2. The number of pyridine rings is 1. The van der Waals surface area contributed by atoms with E-state index in [1.807, 2.05) is 31.3 Å². The average molecular weight is 340 g/mol. The van der Waals surface area contributed by atoms with Gasteiger partial charge in [0.1, 0.15) is 5.82 Å². The lowest BCUT2D eigenvalue weighted by atomic mass is 9.86. The molecule has 0 aliphatic heterocycles. The van der Waals surface area contributed by atoms with Gasteiger partial charge in [0, 0.05) is 37.5 Å². The molecular formula is C18H24N6O. The number of hydrogen-bond donors (Lipinski definition) is 1. The molecule has 3 aromatic heterocycles. The van der Waals surface area contributed by atoms with Gasteiger partial charge in [-0.25, -0.2) is 0 Å². The van der Waals surface area contributed by atoms with E-state index < -0.39 is 0 Å². The second-order valence-electron chi connectivity index (χ2n) is 6.70. The van der Waals surface area contributed by atoms with Crippen LogP contribution in [0.3, 0.4) is 0 Å². The van der Waals surface area contributed by atoms with Crippen LogP contribution in [0.4, 0.5) is 0 Å². The summed E-state index contributed by atoms with van der Waals surface area (Å²) in [5.41, 5.74) is 0.906. The van der Waals surface area contributed by atoms with Crippen LogP contribution in [0.25, 0.3) is 5.65 Å². The van der Waals surface area contributed by atoms with Gasteiger partial charge in [0.25, 0.3) is 0 Å². The van der Waals surface area contributed by atoms with E-state index in [4.69, 9.17) is 4.52 Å². The third-order valence-electron chi connectivity index (χ3n) is 5.04. The lowest BCUT2D eigenvalue weighted by Crippen LogP contribution is -2.34. The molecule has 1 fully saturated rings. The van der Waals surface area contributed by atoms with Gasteiger partial charge in [-0.05, 0) is 37.8 Å². The number of rotatable bonds is 6. The molecule has 0 bridgehead atoms. The molecule has 1 aliphatic rings. The van der Waals surface area contributed by atoms with Crippen molar-refractivity contribution in [3.8, 4) is 0 Å². The fourth-order valence-electron chi connectivity index (χ4n) is 3.57. The first-order valence-electron chi connectivity index (χ1n) is 9.18. The van der Waals surface area contributed by atoms with Crippen molar-refractivity contribution in [3.05, 3.63) is 41.9 Å². The molecule has 132 valence electrons. The molecule has 4 rings (SSSR count). The molecule has 0 atom stereocenters. The highest BCUT2D eigenvalue weighted by molar-refractivity contribution is 5.36. The van der Waals surface area contributed by atoms with Gasteiger partial charge < -0.3 is 9.84 Å². The molecule has 1 aliphatic carbocycles. The number of hydrogen-bond acceptors (Lipinski definition) is 6. The number of fused-ring (bicyclic) bond motifs is 1. The minimum absolute atomic E-state index is 0.422. The Morgan fingerprint density at radius 3 is 2.88 bits per heavy atom. The summed E-state index contributed by atoms with van der Waals surface area (Å²) in [6, 6.07) is 6.53. The van der Waals surface area contributed by atoms with Gasteiger partial charge in [-0.15, -0.1) is 10.2 Å². The normalized spacial score (nSPS) is 21.0. The first-order chi connectivity index (χ1) is 12.3. The van der Waals surface area contributed by atoms with Crippen LogP contribution in [0.5, 0.6) is 0 Å². The predicted molar refractivity (Wildman–Crippen MR) is 93.4 cm³/mol. The quantitative estimate of drug-likeness (QED) is 0.743. The Balaban J connectivity index is 1.25. The van der Waals surface area contributed by atoms with Crippen molar-refractivity contribution < 1.29 is 4.52 Å². The summed E-state index contributed by atoms with van der Waals surface area (Å²) in [4.78, 5) is 4.49. The summed E-state index contributed by atoms with van der Waals surface area (Å²) in [6.07, 6.45) is 8.25. The molecule has 3 aromatic rings. The third kappa shape index (κ3) is 3.56. The zero-order valence-corrected chi connectivity index (χ0v) is 14.6. The maximum absolute atomic E-state index is 5.40. The molecule has 7 heteroatoms. The van der Waals surface area contributed by atoms with Gasteiger partial charge in [-0.1, -0.05) is 18.1 Å². The van der Waals surface area contributed by atoms with Crippen LogP contribution in [0, 0.1) is 0 Å². The van der Waals surface area contributed by atoms with Gasteiger partial charge in [0.2, 0.25) is 5.89 Å². The summed E-state index contributed by atoms with van der Waals surface area (Å²) in [5.74, 6) is 3.07. The highest BCUT2D eigenvalue weighted by atomic mass is 16.5. The second-order valence-corrected chi connectivity index (χ2v) is 6.70. The molecule has 0 saturated heterocycles. The lowest BCUT2D eigenvalue weighted by molar-refractivity contribution is 0.282. The van der Waals surface area contributed by atoms with Crippen molar-refractivity contribution in [3.63, 3.8) is 0 Å². The smallest absolute Gasteiger partial charge is 0.229 e. The fourth-order valence-corrected chi connectivity index (χ4v) is 3.57.